The van der Waals surface area contributed by atoms with E-state index in [0.717, 1.165) is 11.3 Å². The summed E-state index contributed by atoms with van der Waals surface area (Å²) < 4.78 is 0. The molecule has 0 aliphatic carbocycles. The van der Waals surface area contributed by atoms with Gasteiger partial charge in [-0.1, -0.05) is 42.5 Å². The molecule has 27 heavy (non-hydrogen) atoms. The van der Waals surface area contributed by atoms with Gasteiger partial charge in [0.1, 0.15) is 11.1 Å². The lowest BCUT2D eigenvalue weighted by atomic mass is 10.0. The lowest BCUT2D eigenvalue weighted by Gasteiger charge is -2.24. The predicted molar refractivity (Wildman–Crippen MR) is 107 cm³/mol. The Bertz CT molecular complexity index is 969. The van der Waals surface area contributed by atoms with E-state index < -0.39 is 0 Å². The predicted octanol–water partition coefficient (Wildman–Crippen LogP) is 4.40. The van der Waals surface area contributed by atoms with Crippen molar-refractivity contribution in [1.29, 1.82) is 0 Å². The highest BCUT2D eigenvalue weighted by Gasteiger charge is 2.34. The fourth-order valence-electron chi connectivity index (χ4n) is 3.12. The van der Waals surface area contributed by atoms with Crippen LogP contribution >= 0.6 is 11.8 Å². The van der Waals surface area contributed by atoms with Crippen molar-refractivity contribution in [3.8, 4) is 5.75 Å². The lowest BCUT2D eigenvalue weighted by Crippen LogP contribution is -2.27. The molecule has 0 aromatic heterocycles. The molecule has 1 unspecified atom stereocenters. The van der Waals surface area contributed by atoms with Crippen LogP contribution in [0.3, 0.4) is 0 Å². The van der Waals surface area contributed by atoms with Crippen molar-refractivity contribution in [2.24, 2.45) is 0 Å². The summed E-state index contributed by atoms with van der Waals surface area (Å²) in [7, 11) is 0. The molecule has 0 radical (unpaired) electrons. The maximum absolute atomic E-state index is 12.6. The Morgan fingerprint density at radius 1 is 0.889 bits per heavy atom. The minimum atomic E-state index is -0.145. The molecule has 134 valence electrons. The Labute approximate surface area is 161 Å². The number of ketones is 1. The van der Waals surface area contributed by atoms with Gasteiger partial charge in [-0.3, -0.25) is 14.5 Å². The molecule has 1 aliphatic rings. The van der Waals surface area contributed by atoms with Crippen molar-refractivity contribution in [3.63, 3.8) is 0 Å². The highest BCUT2D eigenvalue weighted by molar-refractivity contribution is 8.00. The van der Waals surface area contributed by atoms with Crippen LogP contribution in [0, 0.1) is 0 Å². The van der Waals surface area contributed by atoms with Crippen LogP contribution in [0.2, 0.25) is 0 Å². The summed E-state index contributed by atoms with van der Waals surface area (Å²) in [6.07, 6.45) is 0. The quantitative estimate of drug-likeness (QED) is 0.687. The molecule has 4 rings (SSSR count). The van der Waals surface area contributed by atoms with Crippen molar-refractivity contribution < 1.29 is 14.7 Å². The molecule has 1 fully saturated rings. The third-order valence-corrected chi connectivity index (χ3v) is 5.70. The Morgan fingerprint density at radius 3 is 2.19 bits per heavy atom. The summed E-state index contributed by atoms with van der Waals surface area (Å²) in [5, 5.41) is 9.35. The summed E-state index contributed by atoms with van der Waals surface area (Å²) in [6, 6.07) is 23.2. The van der Waals surface area contributed by atoms with Crippen LogP contribution in [0.4, 0.5) is 5.69 Å². The zero-order valence-electron chi connectivity index (χ0n) is 14.4. The summed E-state index contributed by atoms with van der Waals surface area (Å²) in [5.41, 5.74) is 2.94. The molecule has 3 aromatic carbocycles. The maximum atomic E-state index is 12.6. The van der Waals surface area contributed by atoms with Crippen LogP contribution in [-0.4, -0.2) is 22.5 Å². The van der Waals surface area contributed by atoms with E-state index in [1.807, 2.05) is 42.5 Å². The third-order valence-electron chi connectivity index (χ3n) is 4.49. The van der Waals surface area contributed by atoms with Crippen molar-refractivity contribution in [2.75, 3.05) is 10.7 Å². The van der Waals surface area contributed by atoms with Gasteiger partial charge in [0.2, 0.25) is 5.91 Å². The number of carbonyl (C=O) groups is 2. The minimum Gasteiger partial charge on any atom is -0.508 e. The van der Waals surface area contributed by atoms with Crippen LogP contribution in [0.25, 0.3) is 0 Å². The fraction of sp³-hybridized carbons (Fsp3) is 0.0909. The zero-order chi connectivity index (χ0) is 18.8. The molecule has 1 aliphatic heterocycles. The number of carbonyl (C=O) groups excluding carboxylic acids is 2. The van der Waals surface area contributed by atoms with Crippen LogP contribution in [-0.2, 0) is 4.79 Å². The first-order valence-electron chi connectivity index (χ1n) is 8.56. The Kier molecular flexibility index (Phi) is 4.69. The van der Waals surface area contributed by atoms with Gasteiger partial charge in [0.15, 0.2) is 5.78 Å². The normalized spacial score (nSPS) is 16.5. The zero-order valence-corrected chi connectivity index (χ0v) is 15.2. The number of benzene rings is 3. The van der Waals surface area contributed by atoms with E-state index in [4.69, 9.17) is 0 Å². The van der Waals surface area contributed by atoms with E-state index in [-0.39, 0.29) is 22.8 Å². The first-order valence-corrected chi connectivity index (χ1v) is 9.61. The van der Waals surface area contributed by atoms with Gasteiger partial charge in [0.25, 0.3) is 0 Å². The van der Waals surface area contributed by atoms with Gasteiger partial charge in [0, 0.05) is 16.8 Å². The molecule has 1 N–H and O–H groups in total. The summed E-state index contributed by atoms with van der Waals surface area (Å²) in [4.78, 5) is 26.8. The van der Waals surface area contributed by atoms with Gasteiger partial charge >= 0.3 is 0 Å². The summed E-state index contributed by atoms with van der Waals surface area (Å²) in [5.74, 6) is 0.582. The number of anilines is 1. The molecule has 5 heteroatoms. The molecule has 0 spiro atoms. The second-order valence-electron chi connectivity index (χ2n) is 6.26. The Morgan fingerprint density at radius 2 is 1.52 bits per heavy atom. The third kappa shape index (κ3) is 3.46. The molecule has 3 aromatic rings. The number of rotatable bonds is 4. The smallest absolute Gasteiger partial charge is 0.238 e. The van der Waals surface area contributed by atoms with E-state index in [2.05, 4.69) is 0 Å². The molecule has 4 nitrogen and oxygen atoms in total. The molecule has 0 saturated carbocycles. The van der Waals surface area contributed by atoms with E-state index in [1.165, 1.54) is 0 Å². The topological polar surface area (TPSA) is 57.6 Å². The first-order chi connectivity index (χ1) is 13.1. The van der Waals surface area contributed by atoms with Crippen molar-refractivity contribution in [1.82, 2.24) is 0 Å². The molecule has 1 amide bonds. The Balaban J connectivity index is 1.61. The van der Waals surface area contributed by atoms with Crippen LogP contribution in [0.15, 0.2) is 78.9 Å². The number of thioether (sulfide) groups is 1. The number of phenols is 1. The molecular weight excluding hydrogens is 358 g/mol. The van der Waals surface area contributed by atoms with E-state index in [0.29, 0.717) is 16.9 Å². The van der Waals surface area contributed by atoms with Gasteiger partial charge in [0.05, 0.1) is 5.75 Å². The molecule has 1 heterocycles. The highest BCUT2D eigenvalue weighted by Crippen LogP contribution is 2.42. The van der Waals surface area contributed by atoms with Gasteiger partial charge in [-0.15, -0.1) is 11.8 Å². The number of amides is 1. The van der Waals surface area contributed by atoms with E-state index in [9.17, 15) is 14.7 Å². The fourth-order valence-corrected chi connectivity index (χ4v) is 4.30. The Hall–Kier alpha value is -3.05. The van der Waals surface area contributed by atoms with Crippen molar-refractivity contribution >= 4 is 29.1 Å². The number of phenolic OH excluding ortho intramolecular Hbond substituents is 1. The van der Waals surface area contributed by atoms with Crippen molar-refractivity contribution in [2.45, 2.75) is 5.37 Å². The molecule has 0 bridgehead atoms. The average molecular weight is 375 g/mol. The maximum Gasteiger partial charge on any atom is 0.238 e. The van der Waals surface area contributed by atoms with Gasteiger partial charge < -0.3 is 5.11 Å². The monoisotopic (exact) mass is 375 g/mol. The largest absolute Gasteiger partial charge is 0.508 e. The standard InChI is InChI=1S/C22H17NO3S/c24-19-12-8-17(9-13-19)22-23(20(25)14-27-22)18-10-6-16(7-11-18)21(26)15-4-2-1-3-5-15/h1-13,22,24H,14H2. The van der Waals surface area contributed by atoms with Crippen LogP contribution in [0.5, 0.6) is 5.75 Å². The average Bonchev–Trinajstić information content (AvgIpc) is 3.10. The number of hydrogen-bond donors (Lipinski definition) is 1. The van der Waals surface area contributed by atoms with E-state index >= 15 is 0 Å². The molecule has 1 saturated heterocycles. The second kappa shape index (κ2) is 7.29. The summed E-state index contributed by atoms with van der Waals surface area (Å²) in [6.45, 7) is 0. The first kappa shape index (κ1) is 17.4. The van der Waals surface area contributed by atoms with Gasteiger partial charge in [-0.2, -0.15) is 0 Å². The summed E-state index contributed by atoms with van der Waals surface area (Å²) >= 11 is 1.55. The second-order valence-corrected chi connectivity index (χ2v) is 7.33. The van der Waals surface area contributed by atoms with Crippen LogP contribution in [0.1, 0.15) is 26.9 Å². The van der Waals surface area contributed by atoms with Gasteiger partial charge in [-0.05, 0) is 42.0 Å². The number of hydrogen-bond acceptors (Lipinski definition) is 4. The SMILES string of the molecule is O=C(c1ccccc1)c1ccc(N2C(=O)CSC2c2ccc(O)cc2)cc1. The van der Waals surface area contributed by atoms with Crippen molar-refractivity contribution in [3.05, 3.63) is 95.6 Å². The van der Waals surface area contributed by atoms with E-state index in [1.54, 1.807) is 53.1 Å². The molecule has 1 atom stereocenters. The highest BCUT2D eigenvalue weighted by atomic mass is 32.2. The lowest BCUT2D eigenvalue weighted by molar-refractivity contribution is -0.115. The van der Waals surface area contributed by atoms with Crippen LogP contribution < -0.4 is 4.90 Å². The minimum absolute atomic E-state index is 0.0280. The number of aromatic hydroxyl groups is 1. The van der Waals surface area contributed by atoms with Gasteiger partial charge in [-0.25, -0.2) is 0 Å². The number of nitrogens with zero attached hydrogens (tertiary/aromatic N) is 1. The molecular formula is C22H17NO3S.